The molecule has 1 aromatic rings. The zero-order chi connectivity index (χ0) is 15.9. The van der Waals surface area contributed by atoms with Crippen molar-refractivity contribution in [3.8, 4) is 0 Å². The predicted octanol–water partition coefficient (Wildman–Crippen LogP) is 6.92. The average Bonchev–Trinajstić information content (AvgIpc) is 2.44. The molecule has 0 spiro atoms. The molecule has 1 rings (SSSR count). The van der Waals surface area contributed by atoms with E-state index in [0.717, 1.165) is 0 Å². The summed E-state index contributed by atoms with van der Waals surface area (Å²) in [6, 6.07) is 10.5. The van der Waals surface area contributed by atoms with Crippen molar-refractivity contribution >= 4 is 8.41 Å². The Morgan fingerprint density at radius 1 is 0.850 bits per heavy atom. The van der Waals surface area contributed by atoms with Gasteiger partial charge in [0.25, 0.3) is 0 Å². The molecule has 0 heterocycles. The summed E-state index contributed by atoms with van der Waals surface area (Å²) >= 11 is 0. The van der Waals surface area contributed by atoms with Gasteiger partial charge in [-0.2, -0.15) is 0 Å². The molecule has 3 radical (unpaired) electrons. The van der Waals surface area contributed by atoms with Crippen molar-refractivity contribution in [1.82, 2.24) is 0 Å². The lowest BCUT2D eigenvalue weighted by atomic mass is 9.94. The van der Waals surface area contributed by atoms with Crippen LogP contribution in [-0.4, -0.2) is 8.41 Å². The minimum absolute atomic E-state index is 0. The second-order valence-electron chi connectivity index (χ2n) is 5.48. The van der Waals surface area contributed by atoms with Gasteiger partial charge in [0.15, 0.2) is 0 Å². The molecule has 0 fully saturated rings. The fraction of sp³-hybridized carbons (Fsp3) is 0.684. The lowest BCUT2D eigenvalue weighted by Gasteiger charge is -2.12. The maximum absolute atomic E-state index is 2.24. The van der Waals surface area contributed by atoms with E-state index in [2.05, 4.69) is 65.8 Å². The summed E-state index contributed by atoms with van der Waals surface area (Å²) in [5, 5.41) is 0. The second-order valence-corrected chi connectivity index (χ2v) is 5.48. The molecule has 0 aliphatic rings. The van der Waals surface area contributed by atoms with Gasteiger partial charge in [0.1, 0.15) is 0 Å². The third-order valence-corrected chi connectivity index (χ3v) is 2.53. The Labute approximate surface area is 132 Å². The Morgan fingerprint density at radius 3 is 1.30 bits per heavy atom. The third kappa shape index (κ3) is 22.5. The average molecular weight is 277 g/mol. The molecule has 0 N–H and O–H groups in total. The molecule has 0 atom stereocenters. The maximum atomic E-state index is 2.24. The van der Waals surface area contributed by atoms with Crippen molar-refractivity contribution < 1.29 is 0 Å². The van der Waals surface area contributed by atoms with Crippen LogP contribution in [0.15, 0.2) is 30.3 Å². The van der Waals surface area contributed by atoms with E-state index in [0.29, 0.717) is 11.3 Å². The van der Waals surface area contributed by atoms with Gasteiger partial charge in [0, 0.05) is 8.41 Å². The molecule has 0 amide bonds. The zero-order valence-corrected chi connectivity index (χ0v) is 15.7. The van der Waals surface area contributed by atoms with Crippen LogP contribution in [0.1, 0.15) is 87.1 Å². The molecular weight excluding hydrogens is 239 g/mol. The Hall–Kier alpha value is -0.715. The topological polar surface area (TPSA) is 0 Å². The smallest absolute Gasteiger partial charge is 0 e. The van der Waals surface area contributed by atoms with E-state index >= 15 is 0 Å². The molecule has 0 aliphatic carbocycles. The van der Waals surface area contributed by atoms with E-state index in [-0.39, 0.29) is 8.41 Å². The minimum Gasteiger partial charge on any atom is -0.0683 e. The van der Waals surface area contributed by atoms with Crippen molar-refractivity contribution in [2.24, 2.45) is 5.41 Å². The summed E-state index contributed by atoms with van der Waals surface area (Å²) in [4.78, 5) is 0. The maximum Gasteiger partial charge on any atom is 0 e. The Balaban J connectivity index is -0.000000103. The standard InChI is InChI=1S/C9H12.C6H14.2C2H6.B/c1-8(2)9-6-4-3-5-7-9;1-5-6(2,3)4;2*1-2;/h3-8H,1-2H3;5H2,1-4H3;2*1-2H3;. The molecule has 1 aromatic carbocycles. The highest BCUT2D eigenvalue weighted by Crippen LogP contribution is 2.16. The quantitative estimate of drug-likeness (QED) is 0.488. The van der Waals surface area contributed by atoms with Crippen LogP contribution in [0, 0.1) is 5.41 Å². The van der Waals surface area contributed by atoms with Crippen molar-refractivity contribution in [2.75, 3.05) is 0 Å². The number of rotatable bonds is 1. The van der Waals surface area contributed by atoms with E-state index in [1.165, 1.54) is 12.0 Å². The van der Waals surface area contributed by atoms with Crippen molar-refractivity contribution in [2.45, 2.75) is 81.6 Å². The van der Waals surface area contributed by atoms with Gasteiger partial charge in [-0.25, -0.2) is 0 Å². The van der Waals surface area contributed by atoms with Gasteiger partial charge in [-0.1, -0.05) is 106 Å². The lowest BCUT2D eigenvalue weighted by Crippen LogP contribution is -2.00. The van der Waals surface area contributed by atoms with E-state index in [4.69, 9.17) is 0 Å². The monoisotopic (exact) mass is 277 g/mol. The molecule has 117 valence electrons. The molecule has 0 bridgehead atoms. The first-order valence-electron chi connectivity index (χ1n) is 7.91. The molecule has 0 aromatic heterocycles. The molecule has 0 unspecified atom stereocenters. The van der Waals surface area contributed by atoms with Gasteiger partial charge in [-0.15, -0.1) is 0 Å². The second kappa shape index (κ2) is 18.3. The summed E-state index contributed by atoms with van der Waals surface area (Å²) in [6.07, 6.45) is 1.27. The first kappa shape index (κ1) is 27.6. The highest BCUT2D eigenvalue weighted by molar-refractivity contribution is 5.75. The van der Waals surface area contributed by atoms with Crippen LogP contribution in [0.5, 0.6) is 0 Å². The van der Waals surface area contributed by atoms with Crippen molar-refractivity contribution in [3.63, 3.8) is 0 Å². The van der Waals surface area contributed by atoms with Crippen LogP contribution in [0.25, 0.3) is 0 Å². The van der Waals surface area contributed by atoms with Gasteiger partial charge in [-0.05, 0) is 16.9 Å². The first-order valence-corrected chi connectivity index (χ1v) is 7.91. The molecule has 20 heavy (non-hydrogen) atoms. The first-order chi connectivity index (χ1) is 8.87. The van der Waals surface area contributed by atoms with Crippen LogP contribution < -0.4 is 0 Å². The molecule has 0 saturated heterocycles. The van der Waals surface area contributed by atoms with Gasteiger partial charge in [0.2, 0.25) is 0 Å². The third-order valence-electron chi connectivity index (χ3n) is 2.53. The predicted molar refractivity (Wildman–Crippen MR) is 98.7 cm³/mol. The SMILES string of the molecule is CC.CC.CC(C)c1ccccc1.CCC(C)(C)C.[B]. The normalized spacial score (nSPS) is 8.75. The number of benzene rings is 1. The van der Waals surface area contributed by atoms with E-state index in [1.54, 1.807) is 0 Å². The van der Waals surface area contributed by atoms with Crippen LogP contribution in [0.2, 0.25) is 0 Å². The molecule has 0 aliphatic heterocycles. The summed E-state index contributed by atoms with van der Waals surface area (Å²) in [5.74, 6) is 0.659. The molecule has 0 saturated carbocycles. The largest absolute Gasteiger partial charge is 0.0683 e. The lowest BCUT2D eigenvalue weighted by molar-refractivity contribution is 0.398. The number of hydrogen-bond acceptors (Lipinski definition) is 0. The number of hydrogen-bond donors (Lipinski definition) is 0. The van der Waals surface area contributed by atoms with E-state index in [1.807, 2.05) is 33.8 Å². The Kier molecular flexibility index (Phi) is 25.2. The Morgan fingerprint density at radius 2 is 1.15 bits per heavy atom. The van der Waals surface area contributed by atoms with Crippen molar-refractivity contribution in [1.29, 1.82) is 0 Å². The van der Waals surface area contributed by atoms with Crippen LogP contribution in [0.4, 0.5) is 0 Å². The van der Waals surface area contributed by atoms with Crippen LogP contribution >= 0.6 is 0 Å². The van der Waals surface area contributed by atoms with Gasteiger partial charge >= 0.3 is 0 Å². The molecular formula is C19H38B. The van der Waals surface area contributed by atoms with Crippen LogP contribution in [0.3, 0.4) is 0 Å². The van der Waals surface area contributed by atoms with E-state index < -0.39 is 0 Å². The zero-order valence-electron chi connectivity index (χ0n) is 15.7. The summed E-state index contributed by atoms with van der Waals surface area (Å²) in [6.45, 7) is 21.3. The van der Waals surface area contributed by atoms with Gasteiger partial charge < -0.3 is 0 Å². The van der Waals surface area contributed by atoms with E-state index in [9.17, 15) is 0 Å². The molecule has 1 heteroatoms. The fourth-order valence-corrected chi connectivity index (χ4v) is 0.838. The van der Waals surface area contributed by atoms with Gasteiger partial charge in [0.05, 0.1) is 0 Å². The Bertz CT molecular complexity index is 244. The fourth-order valence-electron chi connectivity index (χ4n) is 0.838. The highest BCUT2D eigenvalue weighted by atomic mass is 14.1. The van der Waals surface area contributed by atoms with Crippen LogP contribution in [-0.2, 0) is 0 Å². The molecule has 0 nitrogen and oxygen atoms in total. The summed E-state index contributed by atoms with van der Waals surface area (Å²) in [5.41, 5.74) is 1.96. The highest BCUT2D eigenvalue weighted by Gasteiger charge is 2.03. The summed E-state index contributed by atoms with van der Waals surface area (Å²) in [7, 11) is 0. The minimum atomic E-state index is 0. The van der Waals surface area contributed by atoms with Gasteiger partial charge in [-0.3, -0.25) is 0 Å². The van der Waals surface area contributed by atoms with Crippen molar-refractivity contribution in [3.05, 3.63) is 35.9 Å². The summed E-state index contributed by atoms with van der Waals surface area (Å²) < 4.78 is 0.